The van der Waals surface area contributed by atoms with Crippen LogP contribution in [0, 0.1) is 5.82 Å². The van der Waals surface area contributed by atoms with E-state index < -0.39 is 5.54 Å². The number of benzene rings is 2. The standard InChI is InChI=1S/C24H29FN2O4/c1-16(17-5-4-6-19(13-17)30-2)26-22(28)9-11-24(12-10-23(29)27-24)15-18-14-20(31-3)7-8-21(18)25/h4-8,13-14,16H,9-12,15H2,1-3H3,(H,26,28)(H,27,29)/t16-,24+/m1/s1. The van der Waals surface area contributed by atoms with Gasteiger partial charge in [0.1, 0.15) is 17.3 Å². The first-order valence-corrected chi connectivity index (χ1v) is 10.4. The molecule has 1 heterocycles. The van der Waals surface area contributed by atoms with Gasteiger partial charge in [0.2, 0.25) is 11.8 Å². The smallest absolute Gasteiger partial charge is 0.220 e. The maximum atomic E-state index is 14.4. The molecule has 0 aromatic heterocycles. The molecular weight excluding hydrogens is 399 g/mol. The van der Waals surface area contributed by atoms with Crippen LogP contribution in [0.4, 0.5) is 4.39 Å². The Labute approximate surface area is 182 Å². The number of hydrogen-bond acceptors (Lipinski definition) is 4. The van der Waals surface area contributed by atoms with Gasteiger partial charge in [-0.2, -0.15) is 0 Å². The number of nitrogens with one attached hydrogen (secondary N) is 2. The molecule has 1 aliphatic rings. The molecule has 2 aromatic carbocycles. The predicted molar refractivity (Wildman–Crippen MR) is 116 cm³/mol. The van der Waals surface area contributed by atoms with E-state index in [-0.39, 0.29) is 30.1 Å². The van der Waals surface area contributed by atoms with E-state index in [1.807, 2.05) is 31.2 Å². The molecule has 2 aromatic rings. The lowest BCUT2D eigenvalue weighted by Crippen LogP contribution is -2.45. The number of carbonyl (C=O) groups is 2. The highest BCUT2D eigenvalue weighted by molar-refractivity contribution is 5.80. The number of methoxy groups -OCH3 is 2. The van der Waals surface area contributed by atoms with Crippen LogP contribution in [-0.4, -0.2) is 31.6 Å². The van der Waals surface area contributed by atoms with E-state index in [1.165, 1.54) is 13.2 Å². The van der Waals surface area contributed by atoms with Crippen molar-refractivity contribution in [1.82, 2.24) is 10.6 Å². The molecule has 2 atom stereocenters. The Morgan fingerprint density at radius 2 is 1.94 bits per heavy atom. The van der Waals surface area contributed by atoms with Crippen LogP contribution in [0.1, 0.15) is 49.8 Å². The summed E-state index contributed by atoms with van der Waals surface area (Å²) in [7, 11) is 3.13. The molecule has 6 nitrogen and oxygen atoms in total. The van der Waals surface area contributed by atoms with Crippen LogP contribution >= 0.6 is 0 Å². The molecule has 1 fully saturated rings. The number of hydrogen-bond donors (Lipinski definition) is 2. The molecule has 0 saturated carbocycles. The van der Waals surface area contributed by atoms with Gasteiger partial charge in [-0.3, -0.25) is 9.59 Å². The average molecular weight is 429 g/mol. The van der Waals surface area contributed by atoms with Crippen molar-refractivity contribution in [2.45, 2.75) is 50.6 Å². The Kier molecular flexibility index (Phi) is 7.15. The van der Waals surface area contributed by atoms with E-state index in [2.05, 4.69) is 10.6 Å². The van der Waals surface area contributed by atoms with Gasteiger partial charge in [-0.05, 0) is 67.6 Å². The first-order valence-electron chi connectivity index (χ1n) is 10.4. The molecule has 166 valence electrons. The number of ether oxygens (including phenoxy) is 2. The van der Waals surface area contributed by atoms with Crippen LogP contribution in [0.3, 0.4) is 0 Å². The Bertz CT molecular complexity index is 949. The summed E-state index contributed by atoms with van der Waals surface area (Å²) < 4.78 is 24.8. The number of rotatable bonds is 9. The highest BCUT2D eigenvalue weighted by Gasteiger charge is 2.38. The molecule has 0 unspecified atom stereocenters. The second-order valence-electron chi connectivity index (χ2n) is 8.03. The third kappa shape index (κ3) is 5.75. The molecule has 31 heavy (non-hydrogen) atoms. The third-order valence-electron chi connectivity index (χ3n) is 5.82. The van der Waals surface area contributed by atoms with Crippen LogP contribution < -0.4 is 20.1 Å². The van der Waals surface area contributed by atoms with Crippen LogP contribution in [0.5, 0.6) is 11.5 Å². The van der Waals surface area contributed by atoms with Crippen molar-refractivity contribution in [1.29, 1.82) is 0 Å². The lowest BCUT2D eigenvalue weighted by molar-refractivity contribution is -0.123. The largest absolute Gasteiger partial charge is 0.497 e. The van der Waals surface area contributed by atoms with Gasteiger partial charge in [0.25, 0.3) is 0 Å². The van der Waals surface area contributed by atoms with Crippen molar-refractivity contribution in [2.75, 3.05) is 14.2 Å². The van der Waals surface area contributed by atoms with Crippen molar-refractivity contribution >= 4 is 11.8 Å². The third-order valence-corrected chi connectivity index (χ3v) is 5.82. The van der Waals surface area contributed by atoms with Gasteiger partial charge in [-0.15, -0.1) is 0 Å². The molecule has 0 radical (unpaired) electrons. The lowest BCUT2D eigenvalue weighted by Gasteiger charge is -2.30. The average Bonchev–Trinajstić information content (AvgIpc) is 3.14. The number of amides is 2. The Balaban J connectivity index is 1.66. The van der Waals surface area contributed by atoms with E-state index in [0.29, 0.717) is 37.0 Å². The summed E-state index contributed by atoms with van der Waals surface area (Å²) in [5.41, 5.74) is 0.752. The highest BCUT2D eigenvalue weighted by atomic mass is 19.1. The van der Waals surface area contributed by atoms with Gasteiger partial charge in [0, 0.05) is 18.4 Å². The van der Waals surface area contributed by atoms with E-state index in [0.717, 1.165) is 11.3 Å². The minimum atomic E-state index is -0.652. The number of carbonyl (C=O) groups excluding carboxylic acids is 2. The first kappa shape index (κ1) is 22.6. The fourth-order valence-electron chi connectivity index (χ4n) is 4.02. The summed E-state index contributed by atoms with van der Waals surface area (Å²) in [6.07, 6.45) is 1.88. The second-order valence-corrected chi connectivity index (χ2v) is 8.03. The molecular formula is C24H29FN2O4. The molecule has 1 aliphatic heterocycles. The Morgan fingerprint density at radius 1 is 1.19 bits per heavy atom. The maximum Gasteiger partial charge on any atom is 0.220 e. The monoisotopic (exact) mass is 428 g/mol. The number of halogens is 1. The fraction of sp³-hybridized carbons (Fsp3) is 0.417. The molecule has 0 spiro atoms. The van der Waals surface area contributed by atoms with E-state index in [1.54, 1.807) is 19.2 Å². The van der Waals surface area contributed by atoms with Crippen LogP contribution in [0.2, 0.25) is 0 Å². The topological polar surface area (TPSA) is 76.7 Å². The zero-order valence-corrected chi connectivity index (χ0v) is 18.2. The zero-order chi connectivity index (χ0) is 22.4. The molecule has 7 heteroatoms. The summed E-state index contributed by atoms with van der Waals surface area (Å²) in [5, 5.41) is 5.99. The molecule has 2 N–H and O–H groups in total. The zero-order valence-electron chi connectivity index (χ0n) is 18.2. The SMILES string of the molecule is COc1cccc([C@@H](C)NC(=O)CC[C@@]2(Cc3cc(OC)ccc3F)CCC(=O)N2)c1. The van der Waals surface area contributed by atoms with Crippen molar-refractivity contribution in [3.05, 3.63) is 59.4 Å². The van der Waals surface area contributed by atoms with Crippen LogP contribution in [0.15, 0.2) is 42.5 Å². The van der Waals surface area contributed by atoms with E-state index in [4.69, 9.17) is 9.47 Å². The van der Waals surface area contributed by atoms with E-state index >= 15 is 0 Å². The fourth-order valence-corrected chi connectivity index (χ4v) is 4.02. The summed E-state index contributed by atoms with van der Waals surface area (Å²) in [6, 6.07) is 11.9. The maximum absolute atomic E-state index is 14.4. The van der Waals surface area contributed by atoms with Gasteiger partial charge in [0.05, 0.1) is 20.3 Å². The van der Waals surface area contributed by atoms with Crippen LogP contribution in [-0.2, 0) is 16.0 Å². The normalized spacial score (nSPS) is 18.9. The highest BCUT2D eigenvalue weighted by Crippen LogP contribution is 2.31. The summed E-state index contributed by atoms with van der Waals surface area (Å²) in [5.74, 6) is 0.736. The quantitative estimate of drug-likeness (QED) is 0.639. The summed E-state index contributed by atoms with van der Waals surface area (Å²) >= 11 is 0. The minimum Gasteiger partial charge on any atom is -0.497 e. The van der Waals surface area contributed by atoms with Crippen molar-refractivity contribution in [2.24, 2.45) is 0 Å². The van der Waals surface area contributed by atoms with Gasteiger partial charge in [-0.1, -0.05) is 12.1 Å². The van der Waals surface area contributed by atoms with Crippen molar-refractivity contribution in [3.63, 3.8) is 0 Å². The summed E-state index contributed by atoms with van der Waals surface area (Å²) in [6.45, 7) is 1.91. The summed E-state index contributed by atoms with van der Waals surface area (Å²) in [4.78, 5) is 24.6. The van der Waals surface area contributed by atoms with Crippen molar-refractivity contribution in [3.8, 4) is 11.5 Å². The van der Waals surface area contributed by atoms with Gasteiger partial charge < -0.3 is 20.1 Å². The van der Waals surface area contributed by atoms with Gasteiger partial charge in [0.15, 0.2) is 0 Å². The minimum absolute atomic E-state index is 0.0755. The first-order chi connectivity index (χ1) is 14.8. The molecule has 3 rings (SSSR count). The van der Waals surface area contributed by atoms with Crippen LogP contribution in [0.25, 0.3) is 0 Å². The molecule has 0 bridgehead atoms. The Morgan fingerprint density at radius 3 is 2.61 bits per heavy atom. The van der Waals surface area contributed by atoms with Gasteiger partial charge >= 0.3 is 0 Å². The molecule has 0 aliphatic carbocycles. The van der Waals surface area contributed by atoms with Gasteiger partial charge in [-0.25, -0.2) is 4.39 Å². The predicted octanol–water partition coefficient (Wildman–Crippen LogP) is 3.69. The molecule has 2 amide bonds. The van der Waals surface area contributed by atoms with E-state index in [9.17, 15) is 14.0 Å². The molecule has 1 saturated heterocycles. The lowest BCUT2D eigenvalue weighted by atomic mass is 9.84. The van der Waals surface area contributed by atoms with Crippen molar-refractivity contribution < 1.29 is 23.5 Å². The Hall–Kier alpha value is -3.09. The second kappa shape index (κ2) is 9.81.